The van der Waals surface area contributed by atoms with Crippen molar-refractivity contribution in [1.82, 2.24) is 15.0 Å². The molecule has 5 heteroatoms. The predicted molar refractivity (Wildman–Crippen MR) is 58.7 cm³/mol. The molecule has 0 aliphatic rings. The van der Waals surface area contributed by atoms with Crippen LogP contribution in [0.5, 0.6) is 0 Å². The summed E-state index contributed by atoms with van der Waals surface area (Å²) < 4.78 is 1.75. The van der Waals surface area contributed by atoms with Gasteiger partial charge >= 0.3 is 0 Å². The van der Waals surface area contributed by atoms with Gasteiger partial charge in [-0.2, -0.15) is 0 Å². The molecule has 80 valence electrons. The van der Waals surface area contributed by atoms with Gasteiger partial charge in [-0.1, -0.05) is 18.2 Å². The number of nitrogens with zero attached hydrogens (tertiary/aromatic N) is 3. The molecule has 2 rings (SSSR count). The quantitative estimate of drug-likeness (QED) is 0.860. The van der Waals surface area contributed by atoms with Crippen LogP contribution in [0.1, 0.15) is 30.0 Å². The van der Waals surface area contributed by atoms with Crippen LogP contribution in [0.15, 0.2) is 23.7 Å². The molecule has 0 spiro atoms. The molecular formula is C10H13N3OS. The highest BCUT2D eigenvalue weighted by Gasteiger charge is 2.16. The monoisotopic (exact) mass is 223 g/mol. The number of hydrogen-bond acceptors (Lipinski definition) is 4. The standard InChI is InChI=1S/C10H13N3OS/c1-2-5-13-8(7-11-12-13)10(14)9-4-3-6-15-9/h3-4,6-7,10,14H,2,5H2,1H3. The second kappa shape index (κ2) is 4.55. The van der Waals surface area contributed by atoms with Crippen molar-refractivity contribution in [3.8, 4) is 0 Å². The third-order valence-corrected chi connectivity index (χ3v) is 3.10. The zero-order valence-electron chi connectivity index (χ0n) is 8.50. The zero-order valence-corrected chi connectivity index (χ0v) is 9.31. The van der Waals surface area contributed by atoms with Crippen molar-refractivity contribution < 1.29 is 5.11 Å². The summed E-state index contributed by atoms with van der Waals surface area (Å²) in [5.41, 5.74) is 0.763. The average molecular weight is 223 g/mol. The first kappa shape index (κ1) is 10.3. The minimum Gasteiger partial charge on any atom is -0.381 e. The second-order valence-electron chi connectivity index (χ2n) is 3.30. The second-order valence-corrected chi connectivity index (χ2v) is 4.28. The lowest BCUT2D eigenvalue weighted by molar-refractivity contribution is 0.211. The number of aliphatic hydroxyl groups is 1. The van der Waals surface area contributed by atoms with Crippen LogP contribution in [-0.4, -0.2) is 20.1 Å². The lowest BCUT2D eigenvalue weighted by Crippen LogP contribution is -2.09. The van der Waals surface area contributed by atoms with Crippen molar-refractivity contribution in [3.63, 3.8) is 0 Å². The fourth-order valence-electron chi connectivity index (χ4n) is 1.46. The van der Waals surface area contributed by atoms with Crippen molar-refractivity contribution in [2.45, 2.75) is 26.0 Å². The number of aromatic nitrogens is 3. The Balaban J connectivity index is 2.25. The minimum absolute atomic E-state index is 0.605. The van der Waals surface area contributed by atoms with E-state index in [1.807, 2.05) is 17.5 Å². The van der Waals surface area contributed by atoms with Gasteiger partial charge in [-0.05, 0) is 17.9 Å². The molecule has 0 amide bonds. The first-order valence-corrected chi connectivity index (χ1v) is 5.80. The van der Waals surface area contributed by atoms with Gasteiger partial charge in [0.25, 0.3) is 0 Å². The highest BCUT2D eigenvalue weighted by molar-refractivity contribution is 7.10. The molecule has 0 fully saturated rings. The van der Waals surface area contributed by atoms with Crippen LogP contribution in [0.25, 0.3) is 0 Å². The summed E-state index contributed by atoms with van der Waals surface area (Å²) >= 11 is 1.54. The van der Waals surface area contributed by atoms with Gasteiger partial charge in [0.15, 0.2) is 0 Å². The van der Waals surface area contributed by atoms with E-state index >= 15 is 0 Å². The van der Waals surface area contributed by atoms with E-state index in [0.29, 0.717) is 0 Å². The number of hydrogen-bond donors (Lipinski definition) is 1. The van der Waals surface area contributed by atoms with Crippen molar-refractivity contribution in [3.05, 3.63) is 34.3 Å². The van der Waals surface area contributed by atoms with Gasteiger partial charge in [0.1, 0.15) is 6.10 Å². The summed E-state index contributed by atoms with van der Waals surface area (Å²) in [5, 5.41) is 19.8. The minimum atomic E-state index is -0.605. The van der Waals surface area contributed by atoms with Crippen molar-refractivity contribution in [2.24, 2.45) is 0 Å². The van der Waals surface area contributed by atoms with Crippen LogP contribution in [0.2, 0.25) is 0 Å². The van der Waals surface area contributed by atoms with E-state index in [1.54, 1.807) is 10.9 Å². The predicted octanol–water partition coefficient (Wildman–Crippen LogP) is 1.83. The molecule has 1 atom stereocenters. The van der Waals surface area contributed by atoms with Gasteiger partial charge in [-0.15, -0.1) is 16.4 Å². The summed E-state index contributed by atoms with van der Waals surface area (Å²) in [6, 6.07) is 3.84. The Bertz CT molecular complexity index is 410. The Morgan fingerprint density at radius 2 is 2.47 bits per heavy atom. The normalized spacial score (nSPS) is 12.9. The summed E-state index contributed by atoms with van der Waals surface area (Å²) in [4.78, 5) is 0.926. The molecule has 1 unspecified atom stereocenters. The summed E-state index contributed by atoms with van der Waals surface area (Å²) in [7, 11) is 0. The summed E-state index contributed by atoms with van der Waals surface area (Å²) in [6.45, 7) is 2.86. The Labute approximate surface area is 92.2 Å². The number of aliphatic hydroxyl groups excluding tert-OH is 1. The molecule has 2 aromatic rings. The molecule has 2 heterocycles. The summed E-state index contributed by atoms with van der Waals surface area (Å²) in [6.07, 6.45) is 2.00. The molecular weight excluding hydrogens is 210 g/mol. The maximum absolute atomic E-state index is 10.1. The average Bonchev–Trinajstić information content (AvgIpc) is 2.87. The number of thiophene rings is 1. The smallest absolute Gasteiger partial charge is 0.131 e. The maximum Gasteiger partial charge on any atom is 0.131 e. The SMILES string of the molecule is CCCn1nncc1C(O)c1cccs1. The Morgan fingerprint density at radius 3 is 3.13 bits per heavy atom. The van der Waals surface area contributed by atoms with Crippen molar-refractivity contribution in [1.29, 1.82) is 0 Å². The molecule has 1 N–H and O–H groups in total. The molecule has 0 radical (unpaired) electrons. The number of aryl methyl sites for hydroxylation is 1. The Hall–Kier alpha value is -1.20. The molecule has 0 saturated carbocycles. The van der Waals surface area contributed by atoms with Crippen LogP contribution < -0.4 is 0 Å². The van der Waals surface area contributed by atoms with Crippen molar-refractivity contribution in [2.75, 3.05) is 0 Å². The van der Waals surface area contributed by atoms with Gasteiger partial charge in [0.2, 0.25) is 0 Å². The number of rotatable bonds is 4. The van der Waals surface area contributed by atoms with E-state index in [4.69, 9.17) is 0 Å². The van der Waals surface area contributed by atoms with Crippen molar-refractivity contribution >= 4 is 11.3 Å². The third-order valence-electron chi connectivity index (χ3n) is 2.18. The Kier molecular flexibility index (Phi) is 3.13. The molecule has 15 heavy (non-hydrogen) atoms. The highest BCUT2D eigenvalue weighted by Crippen LogP contribution is 2.24. The van der Waals surface area contributed by atoms with E-state index in [-0.39, 0.29) is 0 Å². The van der Waals surface area contributed by atoms with Crippen LogP contribution >= 0.6 is 11.3 Å². The Morgan fingerprint density at radius 1 is 1.60 bits per heavy atom. The van der Waals surface area contributed by atoms with E-state index in [9.17, 15) is 5.11 Å². The molecule has 0 aromatic carbocycles. The van der Waals surface area contributed by atoms with Gasteiger partial charge < -0.3 is 5.11 Å². The molecule has 0 saturated heterocycles. The first-order valence-electron chi connectivity index (χ1n) is 4.92. The van der Waals surface area contributed by atoms with Gasteiger partial charge in [-0.25, -0.2) is 4.68 Å². The van der Waals surface area contributed by atoms with E-state index in [1.165, 1.54) is 11.3 Å². The zero-order chi connectivity index (χ0) is 10.7. The highest BCUT2D eigenvalue weighted by atomic mass is 32.1. The van der Waals surface area contributed by atoms with Crippen LogP contribution in [0.3, 0.4) is 0 Å². The van der Waals surface area contributed by atoms with Crippen LogP contribution in [-0.2, 0) is 6.54 Å². The largest absolute Gasteiger partial charge is 0.381 e. The summed E-state index contributed by atoms with van der Waals surface area (Å²) in [5.74, 6) is 0. The molecule has 4 nitrogen and oxygen atoms in total. The van der Waals surface area contributed by atoms with Gasteiger partial charge in [-0.3, -0.25) is 0 Å². The van der Waals surface area contributed by atoms with Crippen LogP contribution in [0, 0.1) is 0 Å². The molecule has 0 aliphatic heterocycles. The molecule has 0 bridgehead atoms. The molecule has 2 aromatic heterocycles. The lowest BCUT2D eigenvalue weighted by Gasteiger charge is -2.09. The fourth-order valence-corrected chi connectivity index (χ4v) is 2.18. The van der Waals surface area contributed by atoms with E-state index in [2.05, 4.69) is 17.2 Å². The van der Waals surface area contributed by atoms with E-state index < -0.39 is 6.10 Å². The van der Waals surface area contributed by atoms with Gasteiger partial charge in [0.05, 0.1) is 11.9 Å². The first-order chi connectivity index (χ1) is 7.33. The third kappa shape index (κ3) is 2.08. The topological polar surface area (TPSA) is 50.9 Å². The fraction of sp³-hybridized carbons (Fsp3) is 0.400. The molecule has 0 aliphatic carbocycles. The lowest BCUT2D eigenvalue weighted by atomic mass is 10.2. The van der Waals surface area contributed by atoms with Crippen LogP contribution in [0.4, 0.5) is 0 Å². The van der Waals surface area contributed by atoms with E-state index in [0.717, 1.165) is 23.5 Å². The maximum atomic E-state index is 10.1. The van der Waals surface area contributed by atoms with Gasteiger partial charge in [0, 0.05) is 11.4 Å².